The fraction of sp³-hybridized carbons (Fsp3) is 0.600. The van der Waals surface area contributed by atoms with Crippen LogP contribution < -0.4 is 20.1 Å². The first kappa shape index (κ1) is 21.0. The zero-order chi connectivity index (χ0) is 19.8. The van der Waals surface area contributed by atoms with Crippen LogP contribution in [0, 0.1) is 11.8 Å². The number of ether oxygens (including phenoxy) is 2. The predicted octanol–water partition coefficient (Wildman–Crippen LogP) is 2.13. The number of likely N-dealkylation sites (N-methyl/N-ethyl adjacent to an activating group) is 1. The van der Waals surface area contributed by atoms with E-state index in [2.05, 4.69) is 10.6 Å². The lowest BCUT2D eigenvalue weighted by Gasteiger charge is -2.27. The standard InChI is InChI=1S/C20H31N3O4/c1-23(2)12-11-21-19(24)14-5-7-15(8-6-14)20(25)22-17-10-9-16(26-3)13-18(17)27-4/h9-10,13-15H,5-8,11-12H2,1-4H3,(H,21,24)(H,22,25). The molecule has 7 heteroatoms. The maximum Gasteiger partial charge on any atom is 0.227 e. The van der Waals surface area contributed by atoms with Gasteiger partial charge in [0.15, 0.2) is 0 Å². The number of carbonyl (C=O) groups is 2. The number of carbonyl (C=O) groups excluding carboxylic acids is 2. The summed E-state index contributed by atoms with van der Waals surface area (Å²) in [5.74, 6) is 1.24. The average Bonchev–Trinajstić information content (AvgIpc) is 2.68. The smallest absolute Gasteiger partial charge is 0.227 e. The normalized spacial score (nSPS) is 19.4. The lowest BCUT2D eigenvalue weighted by molar-refractivity contribution is -0.128. The van der Waals surface area contributed by atoms with Gasteiger partial charge in [0.1, 0.15) is 11.5 Å². The first-order chi connectivity index (χ1) is 12.9. The first-order valence-electron chi connectivity index (χ1n) is 9.40. The van der Waals surface area contributed by atoms with E-state index in [4.69, 9.17) is 9.47 Å². The zero-order valence-electron chi connectivity index (χ0n) is 16.7. The maximum atomic E-state index is 12.6. The van der Waals surface area contributed by atoms with Crippen LogP contribution in [0.2, 0.25) is 0 Å². The highest BCUT2D eigenvalue weighted by Gasteiger charge is 2.30. The molecule has 2 N–H and O–H groups in total. The molecule has 1 aromatic rings. The third kappa shape index (κ3) is 6.13. The molecule has 2 amide bonds. The third-order valence-corrected chi connectivity index (χ3v) is 4.99. The Morgan fingerprint density at radius 2 is 1.67 bits per heavy atom. The molecule has 1 aliphatic rings. The van der Waals surface area contributed by atoms with Crippen molar-refractivity contribution in [2.45, 2.75) is 25.7 Å². The fourth-order valence-electron chi connectivity index (χ4n) is 3.30. The van der Waals surface area contributed by atoms with Gasteiger partial charge in [0.25, 0.3) is 0 Å². The molecule has 0 aromatic heterocycles. The van der Waals surface area contributed by atoms with E-state index in [0.29, 0.717) is 23.7 Å². The number of amides is 2. The van der Waals surface area contributed by atoms with Crippen molar-refractivity contribution in [2.24, 2.45) is 11.8 Å². The molecule has 1 aromatic carbocycles. The van der Waals surface area contributed by atoms with Crippen LogP contribution >= 0.6 is 0 Å². The van der Waals surface area contributed by atoms with Gasteiger partial charge in [-0.15, -0.1) is 0 Å². The number of hydrogen-bond donors (Lipinski definition) is 2. The summed E-state index contributed by atoms with van der Waals surface area (Å²) in [4.78, 5) is 26.9. The summed E-state index contributed by atoms with van der Waals surface area (Å²) in [5.41, 5.74) is 0.631. The molecule has 150 valence electrons. The minimum absolute atomic E-state index is 0.00624. The molecular formula is C20H31N3O4. The van der Waals surface area contributed by atoms with Crippen LogP contribution in [-0.2, 0) is 9.59 Å². The van der Waals surface area contributed by atoms with Crippen molar-refractivity contribution in [1.82, 2.24) is 10.2 Å². The second kappa shape index (κ2) is 10.2. The molecule has 0 saturated heterocycles. The zero-order valence-corrected chi connectivity index (χ0v) is 16.7. The van der Waals surface area contributed by atoms with Gasteiger partial charge in [-0.2, -0.15) is 0 Å². The minimum atomic E-state index is -0.0809. The Kier molecular flexibility index (Phi) is 7.91. The van der Waals surface area contributed by atoms with Gasteiger partial charge in [-0.25, -0.2) is 0 Å². The summed E-state index contributed by atoms with van der Waals surface area (Å²) in [5, 5.41) is 5.93. The summed E-state index contributed by atoms with van der Waals surface area (Å²) in [6, 6.07) is 5.30. The molecule has 1 fully saturated rings. The Morgan fingerprint density at radius 3 is 2.22 bits per heavy atom. The van der Waals surface area contributed by atoms with Gasteiger partial charge in [-0.3, -0.25) is 9.59 Å². The van der Waals surface area contributed by atoms with Gasteiger partial charge < -0.3 is 25.0 Å². The van der Waals surface area contributed by atoms with Crippen molar-refractivity contribution in [1.29, 1.82) is 0 Å². The van der Waals surface area contributed by atoms with E-state index in [-0.39, 0.29) is 23.7 Å². The van der Waals surface area contributed by atoms with Gasteiger partial charge >= 0.3 is 0 Å². The molecule has 1 saturated carbocycles. The second-order valence-electron chi connectivity index (χ2n) is 7.20. The number of nitrogens with zero attached hydrogens (tertiary/aromatic N) is 1. The summed E-state index contributed by atoms with van der Waals surface area (Å²) in [7, 11) is 7.11. The number of rotatable bonds is 8. The van der Waals surface area contributed by atoms with E-state index in [0.717, 1.165) is 32.2 Å². The topological polar surface area (TPSA) is 79.9 Å². The predicted molar refractivity (Wildman–Crippen MR) is 105 cm³/mol. The van der Waals surface area contributed by atoms with Crippen LogP contribution in [0.25, 0.3) is 0 Å². The van der Waals surface area contributed by atoms with Crippen LogP contribution in [0.15, 0.2) is 18.2 Å². The van der Waals surface area contributed by atoms with Crippen molar-refractivity contribution in [3.63, 3.8) is 0 Å². The molecule has 0 spiro atoms. The van der Waals surface area contributed by atoms with Crippen molar-refractivity contribution in [2.75, 3.05) is 46.7 Å². The Morgan fingerprint density at radius 1 is 1.04 bits per heavy atom. The Labute approximate surface area is 161 Å². The van der Waals surface area contributed by atoms with E-state index in [9.17, 15) is 9.59 Å². The van der Waals surface area contributed by atoms with E-state index < -0.39 is 0 Å². The highest BCUT2D eigenvalue weighted by Crippen LogP contribution is 2.33. The van der Waals surface area contributed by atoms with E-state index in [1.807, 2.05) is 19.0 Å². The molecule has 27 heavy (non-hydrogen) atoms. The minimum Gasteiger partial charge on any atom is -0.497 e. The van der Waals surface area contributed by atoms with Crippen LogP contribution in [0.4, 0.5) is 5.69 Å². The van der Waals surface area contributed by atoms with Crippen molar-refractivity contribution in [3.8, 4) is 11.5 Å². The summed E-state index contributed by atoms with van der Waals surface area (Å²) >= 11 is 0. The van der Waals surface area contributed by atoms with Gasteiger partial charge in [0.2, 0.25) is 11.8 Å². The van der Waals surface area contributed by atoms with E-state index >= 15 is 0 Å². The average molecular weight is 377 g/mol. The Balaban J connectivity index is 1.83. The fourth-order valence-corrected chi connectivity index (χ4v) is 3.30. The Hall–Kier alpha value is -2.28. The van der Waals surface area contributed by atoms with Crippen LogP contribution in [0.5, 0.6) is 11.5 Å². The monoisotopic (exact) mass is 377 g/mol. The van der Waals surface area contributed by atoms with Gasteiger partial charge in [0, 0.05) is 31.0 Å². The molecule has 2 rings (SSSR count). The number of anilines is 1. The molecule has 0 atom stereocenters. The summed E-state index contributed by atoms with van der Waals surface area (Å²) < 4.78 is 10.5. The van der Waals surface area contributed by atoms with E-state index in [1.165, 1.54) is 0 Å². The molecular weight excluding hydrogens is 346 g/mol. The van der Waals surface area contributed by atoms with Gasteiger partial charge in [-0.05, 0) is 51.9 Å². The third-order valence-electron chi connectivity index (χ3n) is 4.99. The molecule has 0 heterocycles. The lowest BCUT2D eigenvalue weighted by Crippen LogP contribution is -2.38. The molecule has 7 nitrogen and oxygen atoms in total. The SMILES string of the molecule is COc1ccc(NC(=O)C2CCC(C(=O)NCCN(C)C)CC2)c(OC)c1. The summed E-state index contributed by atoms with van der Waals surface area (Å²) in [6.45, 7) is 1.48. The molecule has 0 radical (unpaired) electrons. The number of methoxy groups -OCH3 is 2. The van der Waals surface area contributed by atoms with Crippen molar-refractivity contribution in [3.05, 3.63) is 18.2 Å². The highest BCUT2D eigenvalue weighted by atomic mass is 16.5. The lowest BCUT2D eigenvalue weighted by atomic mass is 9.81. The number of benzene rings is 1. The summed E-state index contributed by atoms with van der Waals surface area (Å²) in [6.07, 6.45) is 2.92. The second-order valence-corrected chi connectivity index (χ2v) is 7.20. The molecule has 0 bridgehead atoms. The first-order valence-corrected chi connectivity index (χ1v) is 9.40. The van der Waals surface area contributed by atoms with Crippen molar-refractivity contribution >= 4 is 17.5 Å². The highest BCUT2D eigenvalue weighted by molar-refractivity contribution is 5.94. The molecule has 0 unspecified atom stereocenters. The molecule has 1 aliphatic carbocycles. The van der Waals surface area contributed by atoms with Crippen LogP contribution in [-0.4, -0.2) is 58.1 Å². The van der Waals surface area contributed by atoms with Crippen LogP contribution in [0.3, 0.4) is 0 Å². The molecule has 0 aliphatic heterocycles. The van der Waals surface area contributed by atoms with Crippen LogP contribution in [0.1, 0.15) is 25.7 Å². The van der Waals surface area contributed by atoms with Gasteiger partial charge in [0.05, 0.1) is 19.9 Å². The maximum absolute atomic E-state index is 12.6. The van der Waals surface area contributed by atoms with Gasteiger partial charge in [-0.1, -0.05) is 0 Å². The number of nitrogens with one attached hydrogen (secondary N) is 2. The quantitative estimate of drug-likeness (QED) is 0.725. The van der Waals surface area contributed by atoms with E-state index in [1.54, 1.807) is 32.4 Å². The van der Waals surface area contributed by atoms with Crippen molar-refractivity contribution < 1.29 is 19.1 Å². The Bertz CT molecular complexity index is 640. The number of hydrogen-bond acceptors (Lipinski definition) is 5. The largest absolute Gasteiger partial charge is 0.497 e.